The van der Waals surface area contributed by atoms with Gasteiger partial charge in [0.2, 0.25) is 0 Å². The molecule has 0 aromatic heterocycles. The monoisotopic (exact) mass is 255 g/mol. The highest BCUT2D eigenvalue weighted by molar-refractivity contribution is 5.44. The fraction of sp³-hybridized carbons (Fsp3) is 0.250. The molecule has 2 aromatic rings. The summed E-state index contributed by atoms with van der Waals surface area (Å²) in [5.41, 5.74) is 8.45. The van der Waals surface area contributed by atoms with Crippen molar-refractivity contribution in [2.45, 2.75) is 18.6 Å². The standard InChI is InChI=1S/C16H17NO2/c1-18-12-7-8-13-14(17)10-15(19-16(13)9-12)11-5-3-2-4-6-11/h2-9,14-15H,10,17H2,1H3. The van der Waals surface area contributed by atoms with Crippen LogP contribution >= 0.6 is 0 Å². The van der Waals surface area contributed by atoms with Crippen molar-refractivity contribution in [1.29, 1.82) is 0 Å². The largest absolute Gasteiger partial charge is 0.497 e. The summed E-state index contributed by atoms with van der Waals surface area (Å²) in [6.07, 6.45) is 0.805. The second kappa shape index (κ2) is 4.94. The lowest BCUT2D eigenvalue weighted by Crippen LogP contribution is -2.24. The van der Waals surface area contributed by atoms with Crippen LogP contribution in [0.25, 0.3) is 0 Å². The predicted molar refractivity (Wildman–Crippen MR) is 74.4 cm³/mol. The van der Waals surface area contributed by atoms with E-state index in [-0.39, 0.29) is 12.1 Å². The Bertz CT molecular complexity index is 568. The van der Waals surface area contributed by atoms with Crippen molar-refractivity contribution in [3.05, 3.63) is 59.7 Å². The van der Waals surface area contributed by atoms with Crippen LogP contribution in [0.4, 0.5) is 0 Å². The highest BCUT2D eigenvalue weighted by Crippen LogP contribution is 2.41. The molecule has 0 spiro atoms. The van der Waals surface area contributed by atoms with Gasteiger partial charge < -0.3 is 15.2 Å². The molecule has 98 valence electrons. The molecule has 3 rings (SSSR count). The Balaban J connectivity index is 1.94. The molecule has 0 amide bonds. The molecule has 0 saturated heterocycles. The lowest BCUT2D eigenvalue weighted by Gasteiger charge is -2.30. The van der Waals surface area contributed by atoms with Crippen LogP contribution in [0.3, 0.4) is 0 Å². The van der Waals surface area contributed by atoms with Gasteiger partial charge in [-0.05, 0) is 11.6 Å². The van der Waals surface area contributed by atoms with E-state index in [9.17, 15) is 0 Å². The molecule has 3 heteroatoms. The van der Waals surface area contributed by atoms with Gasteiger partial charge in [0, 0.05) is 24.1 Å². The second-order valence-electron chi connectivity index (χ2n) is 4.76. The van der Waals surface area contributed by atoms with Gasteiger partial charge in [-0.15, -0.1) is 0 Å². The molecule has 2 unspecified atom stereocenters. The Kier molecular flexibility index (Phi) is 3.13. The van der Waals surface area contributed by atoms with Gasteiger partial charge in [-0.25, -0.2) is 0 Å². The minimum Gasteiger partial charge on any atom is -0.497 e. The van der Waals surface area contributed by atoms with Crippen LogP contribution in [0.5, 0.6) is 11.5 Å². The number of methoxy groups -OCH3 is 1. The van der Waals surface area contributed by atoms with Gasteiger partial charge in [0.25, 0.3) is 0 Å². The average Bonchev–Trinajstić information content (AvgIpc) is 2.47. The maximum absolute atomic E-state index is 6.24. The number of benzene rings is 2. The number of fused-ring (bicyclic) bond motifs is 1. The van der Waals surface area contributed by atoms with E-state index in [2.05, 4.69) is 12.1 Å². The zero-order chi connectivity index (χ0) is 13.2. The Morgan fingerprint density at radius 1 is 1.16 bits per heavy atom. The Morgan fingerprint density at radius 3 is 2.68 bits per heavy atom. The number of rotatable bonds is 2. The topological polar surface area (TPSA) is 44.5 Å². The Morgan fingerprint density at radius 2 is 1.95 bits per heavy atom. The molecule has 0 aliphatic carbocycles. The molecule has 2 N–H and O–H groups in total. The molecule has 1 aliphatic rings. The molecule has 1 aliphatic heterocycles. The minimum absolute atomic E-state index is 0.000128. The maximum atomic E-state index is 6.24. The first-order valence-electron chi connectivity index (χ1n) is 6.43. The van der Waals surface area contributed by atoms with E-state index >= 15 is 0 Å². The summed E-state index contributed by atoms with van der Waals surface area (Å²) in [4.78, 5) is 0. The highest BCUT2D eigenvalue weighted by atomic mass is 16.5. The van der Waals surface area contributed by atoms with E-state index in [0.717, 1.165) is 29.0 Å². The molecule has 2 aromatic carbocycles. The summed E-state index contributed by atoms with van der Waals surface area (Å²) in [6.45, 7) is 0. The summed E-state index contributed by atoms with van der Waals surface area (Å²) >= 11 is 0. The van der Waals surface area contributed by atoms with Gasteiger partial charge in [-0.3, -0.25) is 0 Å². The first-order valence-corrected chi connectivity index (χ1v) is 6.43. The molecule has 19 heavy (non-hydrogen) atoms. The van der Waals surface area contributed by atoms with Crippen molar-refractivity contribution < 1.29 is 9.47 Å². The Labute approximate surface area is 113 Å². The van der Waals surface area contributed by atoms with Crippen LogP contribution in [0.1, 0.15) is 29.7 Å². The molecule has 0 radical (unpaired) electrons. The number of nitrogens with two attached hydrogens (primary N) is 1. The molecule has 0 bridgehead atoms. The lowest BCUT2D eigenvalue weighted by molar-refractivity contribution is 0.161. The van der Waals surface area contributed by atoms with Crippen LogP contribution in [0.15, 0.2) is 48.5 Å². The predicted octanol–water partition coefficient (Wildman–Crippen LogP) is 3.22. The summed E-state index contributed by atoms with van der Waals surface area (Å²) in [6, 6.07) is 16.0. The third kappa shape index (κ3) is 2.29. The smallest absolute Gasteiger partial charge is 0.128 e. The van der Waals surface area contributed by atoms with Gasteiger partial charge in [-0.2, -0.15) is 0 Å². The second-order valence-corrected chi connectivity index (χ2v) is 4.76. The summed E-state index contributed by atoms with van der Waals surface area (Å²) in [5, 5.41) is 0. The fourth-order valence-electron chi connectivity index (χ4n) is 2.48. The third-order valence-electron chi connectivity index (χ3n) is 3.53. The van der Waals surface area contributed by atoms with Crippen LogP contribution in [0, 0.1) is 0 Å². The van der Waals surface area contributed by atoms with Crippen molar-refractivity contribution in [3.8, 4) is 11.5 Å². The van der Waals surface area contributed by atoms with Gasteiger partial charge in [0.1, 0.15) is 17.6 Å². The molecule has 0 saturated carbocycles. The Hall–Kier alpha value is -2.00. The van der Waals surface area contributed by atoms with Crippen molar-refractivity contribution >= 4 is 0 Å². The maximum Gasteiger partial charge on any atom is 0.128 e. The normalized spacial score (nSPS) is 21.4. The van der Waals surface area contributed by atoms with Crippen molar-refractivity contribution in [2.75, 3.05) is 7.11 Å². The van der Waals surface area contributed by atoms with E-state index in [1.165, 1.54) is 0 Å². The fourth-order valence-corrected chi connectivity index (χ4v) is 2.48. The van der Waals surface area contributed by atoms with Crippen molar-refractivity contribution in [3.63, 3.8) is 0 Å². The number of ether oxygens (including phenoxy) is 2. The molecule has 0 fully saturated rings. The number of hydrogen-bond donors (Lipinski definition) is 1. The van der Waals surface area contributed by atoms with Crippen molar-refractivity contribution in [1.82, 2.24) is 0 Å². The molecule has 1 heterocycles. The van der Waals surface area contributed by atoms with Crippen LogP contribution in [-0.4, -0.2) is 7.11 Å². The van der Waals surface area contributed by atoms with E-state index in [4.69, 9.17) is 15.2 Å². The van der Waals surface area contributed by atoms with Gasteiger partial charge in [-0.1, -0.05) is 36.4 Å². The van der Waals surface area contributed by atoms with E-state index in [0.29, 0.717) is 0 Å². The summed E-state index contributed by atoms with van der Waals surface area (Å²) in [7, 11) is 1.65. The highest BCUT2D eigenvalue weighted by Gasteiger charge is 2.27. The van der Waals surface area contributed by atoms with E-state index in [1.54, 1.807) is 7.11 Å². The van der Waals surface area contributed by atoms with E-state index in [1.807, 2.05) is 36.4 Å². The van der Waals surface area contributed by atoms with Gasteiger partial charge >= 0.3 is 0 Å². The molecule has 3 nitrogen and oxygen atoms in total. The quantitative estimate of drug-likeness (QED) is 0.896. The van der Waals surface area contributed by atoms with Crippen LogP contribution in [0.2, 0.25) is 0 Å². The first kappa shape index (κ1) is 12.1. The van der Waals surface area contributed by atoms with Gasteiger partial charge in [0.05, 0.1) is 7.11 Å². The van der Waals surface area contributed by atoms with Crippen LogP contribution in [-0.2, 0) is 0 Å². The lowest BCUT2D eigenvalue weighted by atomic mass is 9.93. The third-order valence-corrected chi connectivity index (χ3v) is 3.53. The molecular weight excluding hydrogens is 238 g/mol. The van der Waals surface area contributed by atoms with Gasteiger partial charge in [0.15, 0.2) is 0 Å². The summed E-state index contributed by atoms with van der Waals surface area (Å²) < 4.78 is 11.3. The SMILES string of the molecule is COc1ccc2c(c1)OC(c1ccccc1)CC2N. The number of hydrogen-bond acceptors (Lipinski definition) is 3. The van der Waals surface area contributed by atoms with E-state index < -0.39 is 0 Å². The zero-order valence-corrected chi connectivity index (χ0v) is 10.9. The van der Waals surface area contributed by atoms with Crippen molar-refractivity contribution in [2.24, 2.45) is 5.73 Å². The first-order chi connectivity index (χ1) is 9.28. The summed E-state index contributed by atoms with van der Waals surface area (Å²) in [5.74, 6) is 1.62. The average molecular weight is 255 g/mol. The zero-order valence-electron chi connectivity index (χ0n) is 10.9. The minimum atomic E-state index is -0.000128. The molecular formula is C16H17NO2. The molecule has 2 atom stereocenters. The van der Waals surface area contributed by atoms with Crippen LogP contribution < -0.4 is 15.2 Å².